The molecule has 5 nitrogen and oxygen atoms in total. The Morgan fingerprint density at radius 3 is 2.65 bits per heavy atom. The molecule has 0 aliphatic heterocycles. The summed E-state index contributed by atoms with van der Waals surface area (Å²) in [6.07, 6.45) is 0. The minimum Gasteiger partial charge on any atom is -0.385 e. The van der Waals surface area contributed by atoms with E-state index in [1.807, 2.05) is 37.2 Å². The molecule has 0 aromatic heterocycles. The van der Waals surface area contributed by atoms with Gasteiger partial charge in [-0.25, -0.2) is 4.99 Å². The fraction of sp³-hybridized carbons (Fsp3) is 0.417. The topological polar surface area (TPSA) is 76.9 Å². The normalized spacial score (nSPS) is 11.6. The lowest BCUT2D eigenvalue weighted by Crippen LogP contribution is -2.17. The smallest absolute Gasteiger partial charge is 0.126 e. The molecule has 94 valence electrons. The van der Waals surface area contributed by atoms with E-state index in [9.17, 15) is 0 Å². The second-order valence-electron chi connectivity index (χ2n) is 3.95. The Balaban J connectivity index is 3.01. The van der Waals surface area contributed by atoms with Crippen LogP contribution in [0.1, 0.15) is 5.56 Å². The Kier molecular flexibility index (Phi) is 4.93. The number of methoxy groups -OCH3 is 1. The lowest BCUT2D eigenvalue weighted by Gasteiger charge is -2.17. The number of nitrogens with zero attached hydrogens (tertiary/aromatic N) is 2. The molecule has 0 bridgehead atoms. The summed E-state index contributed by atoms with van der Waals surface area (Å²) in [6, 6.07) is 5.84. The van der Waals surface area contributed by atoms with Gasteiger partial charge in [0.25, 0.3) is 0 Å². The van der Waals surface area contributed by atoms with Crippen LogP contribution in [0.2, 0.25) is 0 Å². The van der Waals surface area contributed by atoms with Crippen LogP contribution in [0.4, 0.5) is 11.4 Å². The number of amidine groups is 1. The van der Waals surface area contributed by atoms with Crippen molar-refractivity contribution >= 4 is 17.2 Å². The Bertz CT molecular complexity index is 401. The molecule has 5 heteroatoms. The van der Waals surface area contributed by atoms with Crippen molar-refractivity contribution in [1.29, 1.82) is 0 Å². The molecule has 17 heavy (non-hydrogen) atoms. The second kappa shape index (κ2) is 6.22. The molecule has 1 rings (SSSR count). The molecule has 0 radical (unpaired) electrons. The van der Waals surface area contributed by atoms with Gasteiger partial charge < -0.3 is 21.1 Å². The van der Waals surface area contributed by atoms with E-state index < -0.39 is 0 Å². The zero-order chi connectivity index (χ0) is 12.8. The van der Waals surface area contributed by atoms with Crippen molar-refractivity contribution in [3.63, 3.8) is 0 Å². The zero-order valence-electron chi connectivity index (χ0n) is 10.6. The van der Waals surface area contributed by atoms with Crippen molar-refractivity contribution in [2.24, 2.45) is 16.5 Å². The number of rotatable bonds is 5. The first kappa shape index (κ1) is 13.5. The van der Waals surface area contributed by atoms with Gasteiger partial charge in [0.15, 0.2) is 0 Å². The van der Waals surface area contributed by atoms with Crippen LogP contribution in [0.25, 0.3) is 0 Å². The molecule has 0 fully saturated rings. The number of ether oxygens (including phenoxy) is 1. The Hall–Kier alpha value is -1.59. The van der Waals surface area contributed by atoms with E-state index in [-0.39, 0.29) is 0 Å². The van der Waals surface area contributed by atoms with Crippen LogP contribution in [-0.2, 0) is 11.3 Å². The van der Waals surface area contributed by atoms with E-state index in [0.29, 0.717) is 19.0 Å². The van der Waals surface area contributed by atoms with Gasteiger partial charge in [0.05, 0.1) is 5.69 Å². The highest BCUT2D eigenvalue weighted by atomic mass is 16.5. The van der Waals surface area contributed by atoms with Crippen LogP contribution >= 0.6 is 0 Å². The summed E-state index contributed by atoms with van der Waals surface area (Å²) in [4.78, 5) is 6.28. The quantitative estimate of drug-likeness (QED) is 0.587. The highest BCUT2D eigenvalue weighted by Crippen LogP contribution is 2.24. The van der Waals surface area contributed by atoms with Crippen molar-refractivity contribution in [3.05, 3.63) is 23.8 Å². The monoisotopic (exact) mass is 236 g/mol. The molecule has 0 unspecified atom stereocenters. The molecule has 0 saturated carbocycles. The number of anilines is 1. The molecule has 1 aromatic carbocycles. The van der Waals surface area contributed by atoms with Crippen LogP contribution in [-0.4, -0.2) is 33.6 Å². The van der Waals surface area contributed by atoms with Gasteiger partial charge in [0, 0.05) is 33.4 Å². The minimum atomic E-state index is 0.327. The van der Waals surface area contributed by atoms with Gasteiger partial charge in [-0.3, -0.25) is 0 Å². The lowest BCUT2D eigenvalue weighted by atomic mass is 10.1. The molecule has 1 aromatic rings. The molecule has 0 aliphatic rings. The van der Waals surface area contributed by atoms with Gasteiger partial charge in [0.1, 0.15) is 12.4 Å². The Morgan fingerprint density at radius 2 is 2.12 bits per heavy atom. The van der Waals surface area contributed by atoms with Gasteiger partial charge in [-0.05, 0) is 23.8 Å². The number of nitrogens with two attached hydrogens (primary N) is 2. The highest BCUT2D eigenvalue weighted by Gasteiger charge is 2.04. The van der Waals surface area contributed by atoms with Gasteiger partial charge in [-0.1, -0.05) is 0 Å². The van der Waals surface area contributed by atoms with Crippen LogP contribution in [0, 0.1) is 0 Å². The maximum atomic E-state index is 5.72. The maximum absolute atomic E-state index is 5.72. The first-order chi connectivity index (χ1) is 8.08. The molecular weight excluding hydrogens is 216 g/mol. The van der Waals surface area contributed by atoms with Crippen molar-refractivity contribution in [2.45, 2.75) is 6.54 Å². The third-order valence-corrected chi connectivity index (χ3v) is 2.33. The molecule has 0 saturated heterocycles. The van der Waals surface area contributed by atoms with E-state index in [2.05, 4.69) is 4.99 Å². The summed E-state index contributed by atoms with van der Waals surface area (Å²) in [7, 11) is 5.55. The largest absolute Gasteiger partial charge is 0.385 e. The van der Waals surface area contributed by atoms with Crippen molar-refractivity contribution in [1.82, 2.24) is 0 Å². The van der Waals surface area contributed by atoms with Crippen molar-refractivity contribution in [3.8, 4) is 0 Å². The minimum absolute atomic E-state index is 0.327. The summed E-state index contributed by atoms with van der Waals surface area (Å²) in [5.74, 6) is 0.452. The molecule has 4 N–H and O–H groups in total. The summed E-state index contributed by atoms with van der Waals surface area (Å²) in [5, 5.41) is 0. The van der Waals surface area contributed by atoms with Crippen LogP contribution < -0.4 is 16.4 Å². The van der Waals surface area contributed by atoms with E-state index in [1.54, 1.807) is 7.11 Å². The predicted octanol–water partition coefficient (Wildman–Crippen LogP) is 0.846. The first-order valence-electron chi connectivity index (χ1n) is 5.40. The van der Waals surface area contributed by atoms with E-state index in [1.165, 1.54) is 0 Å². The summed E-state index contributed by atoms with van der Waals surface area (Å²) < 4.78 is 4.91. The Morgan fingerprint density at radius 1 is 1.41 bits per heavy atom. The highest BCUT2D eigenvalue weighted by molar-refractivity contribution is 5.84. The molecule has 0 spiro atoms. The van der Waals surface area contributed by atoms with Crippen LogP contribution in [0.15, 0.2) is 23.2 Å². The van der Waals surface area contributed by atoms with Gasteiger partial charge in [-0.15, -0.1) is 0 Å². The average Bonchev–Trinajstić information content (AvgIpc) is 2.28. The molecular formula is C12H20N4O. The SMILES string of the molecule is COCC(N)=Nc1ccc(N(C)C)c(CN)c1. The number of hydrogen-bond donors (Lipinski definition) is 2. The zero-order valence-corrected chi connectivity index (χ0v) is 10.6. The number of benzene rings is 1. The average molecular weight is 236 g/mol. The lowest BCUT2D eigenvalue weighted by molar-refractivity contribution is 0.244. The molecule has 0 heterocycles. The third-order valence-electron chi connectivity index (χ3n) is 2.33. The van der Waals surface area contributed by atoms with Gasteiger partial charge >= 0.3 is 0 Å². The molecule has 0 amide bonds. The summed E-state index contributed by atoms with van der Waals surface area (Å²) >= 11 is 0. The van der Waals surface area contributed by atoms with Crippen LogP contribution in [0.5, 0.6) is 0 Å². The fourth-order valence-electron chi connectivity index (χ4n) is 1.59. The standard InChI is InChI=1S/C12H20N4O/c1-16(2)11-5-4-10(6-9(11)7-13)15-12(14)8-17-3/h4-6H,7-8,13H2,1-3H3,(H2,14,15). The first-order valence-corrected chi connectivity index (χ1v) is 5.40. The van der Waals surface area contributed by atoms with E-state index >= 15 is 0 Å². The number of hydrogen-bond acceptors (Lipinski definition) is 4. The van der Waals surface area contributed by atoms with Gasteiger partial charge in [0.2, 0.25) is 0 Å². The van der Waals surface area contributed by atoms with Crippen LogP contribution in [0.3, 0.4) is 0 Å². The van der Waals surface area contributed by atoms with Crippen molar-refractivity contribution in [2.75, 3.05) is 32.7 Å². The predicted molar refractivity (Wildman–Crippen MR) is 71.8 cm³/mol. The van der Waals surface area contributed by atoms with Gasteiger partial charge in [-0.2, -0.15) is 0 Å². The summed E-state index contributed by atoms with van der Waals surface area (Å²) in [6.45, 7) is 0.800. The maximum Gasteiger partial charge on any atom is 0.126 e. The van der Waals surface area contributed by atoms with E-state index in [0.717, 1.165) is 16.9 Å². The second-order valence-corrected chi connectivity index (χ2v) is 3.95. The Labute approximate surface area is 102 Å². The molecule has 0 aliphatic carbocycles. The summed E-state index contributed by atoms with van der Waals surface area (Å²) in [5.41, 5.74) is 14.3. The number of aliphatic imine (C=N–C) groups is 1. The van der Waals surface area contributed by atoms with Crippen molar-refractivity contribution < 1.29 is 4.74 Å². The third kappa shape index (κ3) is 3.72. The molecule has 0 atom stereocenters. The van der Waals surface area contributed by atoms with E-state index in [4.69, 9.17) is 16.2 Å². The fourth-order valence-corrected chi connectivity index (χ4v) is 1.59.